The number of rotatable bonds is 6. The van der Waals surface area contributed by atoms with Crippen LogP contribution < -0.4 is 10.2 Å². The van der Waals surface area contributed by atoms with Gasteiger partial charge in [-0.2, -0.15) is 0 Å². The topological polar surface area (TPSA) is 41.1 Å². The summed E-state index contributed by atoms with van der Waals surface area (Å²) in [5.74, 6) is 0. The highest BCUT2D eigenvalue weighted by Crippen LogP contribution is 2.11. The van der Waals surface area contributed by atoms with Crippen LogP contribution in [0.2, 0.25) is 0 Å². The van der Waals surface area contributed by atoms with Crippen molar-refractivity contribution in [1.82, 2.24) is 10.2 Å². The predicted molar refractivity (Wildman–Crippen MR) is 74.2 cm³/mol. The van der Waals surface area contributed by atoms with Crippen molar-refractivity contribution in [3.8, 4) is 0 Å². The van der Waals surface area contributed by atoms with Crippen LogP contribution in [-0.2, 0) is 17.7 Å². The summed E-state index contributed by atoms with van der Waals surface area (Å²) >= 11 is 0. The minimum atomic E-state index is -1.58. The van der Waals surface area contributed by atoms with Gasteiger partial charge >= 0.3 is 8.10 Å². The van der Waals surface area contributed by atoms with Crippen LogP contribution in [0.1, 0.15) is 11.1 Å². The Labute approximate surface area is 108 Å². The van der Waals surface area contributed by atoms with Crippen LogP contribution in [0.15, 0.2) is 60.7 Å². The SMILES string of the molecule is O=[P+](NCc1ccccc1)NCc1ccccc1. The lowest BCUT2D eigenvalue weighted by atomic mass is 10.2. The van der Waals surface area contributed by atoms with E-state index in [9.17, 15) is 4.57 Å². The quantitative estimate of drug-likeness (QED) is 0.782. The summed E-state index contributed by atoms with van der Waals surface area (Å²) in [6.07, 6.45) is 0. The molecule has 92 valence electrons. The van der Waals surface area contributed by atoms with Gasteiger partial charge < -0.3 is 0 Å². The van der Waals surface area contributed by atoms with Crippen molar-refractivity contribution in [3.05, 3.63) is 71.8 Å². The maximum atomic E-state index is 11.7. The van der Waals surface area contributed by atoms with Gasteiger partial charge in [0.15, 0.2) is 0 Å². The minimum absolute atomic E-state index is 0.609. The Bertz CT molecular complexity index is 442. The highest BCUT2D eigenvalue weighted by molar-refractivity contribution is 7.39. The molecule has 2 rings (SSSR count). The van der Waals surface area contributed by atoms with Gasteiger partial charge in [-0.15, -0.1) is 0 Å². The van der Waals surface area contributed by atoms with E-state index in [1.54, 1.807) is 0 Å². The van der Waals surface area contributed by atoms with Gasteiger partial charge in [-0.25, -0.2) is 0 Å². The number of nitrogens with one attached hydrogen (secondary N) is 2. The first kappa shape index (κ1) is 12.9. The van der Waals surface area contributed by atoms with Crippen LogP contribution in [0.4, 0.5) is 0 Å². The zero-order valence-electron chi connectivity index (χ0n) is 10.0. The molecule has 2 N–H and O–H groups in total. The van der Waals surface area contributed by atoms with Crippen LogP contribution in [0.3, 0.4) is 0 Å². The molecule has 0 aliphatic heterocycles. The molecule has 2 aromatic carbocycles. The molecule has 0 amide bonds. The van der Waals surface area contributed by atoms with E-state index in [-0.39, 0.29) is 0 Å². The molecule has 18 heavy (non-hydrogen) atoms. The van der Waals surface area contributed by atoms with E-state index in [2.05, 4.69) is 10.2 Å². The van der Waals surface area contributed by atoms with Gasteiger partial charge in [-0.1, -0.05) is 70.8 Å². The maximum Gasteiger partial charge on any atom is 0.532 e. The van der Waals surface area contributed by atoms with Gasteiger partial charge in [0.1, 0.15) is 0 Å². The highest BCUT2D eigenvalue weighted by Gasteiger charge is 2.13. The third kappa shape index (κ3) is 4.38. The largest absolute Gasteiger partial charge is 0.532 e. The van der Waals surface area contributed by atoms with Gasteiger partial charge in [0.25, 0.3) is 0 Å². The second kappa shape index (κ2) is 7.02. The fourth-order valence-electron chi connectivity index (χ4n) is 1.57. The maximum absolute atomic E-state index is 11.7. The molecule has 0 saturated heterocycles. The van der Waals surface area contributed by atoms with Crippen molar-refractivity contribution in [1.29, 1.82) is 0 Å². The molecule has 0 aliphatic rings. The van der Waals surface area contributed by atoms with Gasteiger partial charge in [0.05, 0.1) is 13.1 Å². The Balaban J connectivity index is 1.73. The predicted octanol–water partition coefficient (Wildman–Crippen LogP) is 3.22. The zero-order valence-corrected chi connectivity index (χ0v) is 10.9. The molecule has 0 heterocycles. The standard InChI is InChI=1S/C14H16N2OP/c17-18(15-11-13-7-3-1-4-8-13)16-12-14-9-5-2-6-10-14/h1-10H,11-12H2,(H2,15,16,17)/q+1. The average Bonchev–Trinajstić information content (AvgIpc) is 2.45. The molecule has 2 aromatic rings. The van der Waals surface area contributed by atoms with Gasteiger partial charge in [0, 0.05) is 0 Å². The van der Waals surface area contributed by atoms with Crippen LogP contribution >= 0.6 is 8.10 Å². The summed E-state index contributed by atoms with van der Waals surface area (Å²) < 4.78 is 11.7. The van der Waals surface area contributed by atoms with Crippen LogP contribution in [0.25, 0.3) is 0 Å². The number of hydrogen-bond donors (Lipinski definition) is 2. The fraction of sp³-hybridized carbons (Fsp3) is 0.143. The second-order valence-electron chi connectivity index (χ2n) is 3.94. The molecule has 0 unspecified atom stereocenters. The molecular weight excluding hydrogens is 243 g/mol. The van der Waals surface area contributed by atoms with Crippen molar-refractivity contribution in [2.45, 2.75) is 13.1 Å². The first-order chi connectivity index (χ1) is 8.84. The first-order valence-corrected chi connectivity index (χ1v) is 7.12. The van der Waals surface area contributed by atoms with Crippen LogP contribution in [0.5, 0.6) is 0 Å². The molecular formula is C14H16N2OP+. The fourth-order valence-corrected chi connectivity index (χ4v) is 2.34. The summed E-state index contributed by atoms with van der Waals surface area (Å²) in [5, 5.41) is 5.93. The Morgan fingerprint density at radius 3 is 1.50 bits per heavy atom. The Morgan fingerprint density at radius 1 is 0.722 bits per heavy atom. The normalized spacial score (nSPS) is 10.2. The lowest BCUT2D eigenvalue weighted by Crippen LogP contribution is -2.13. The Kier molecular flexibility index (Phi) is 5.03. The number of benzene rings is 2. The molecule has 0 fully saturated rings. The highest BCUT2D eigenvalue weighted by atomic mass is 31.1. The van der Waals surface area contributed by atoms with E-state index >= 15 is 0 Å². The molecule has 0 atom stereocenters. The molecule has 0 spiro atoms. The van der Waals surface area contributed by atoms with E-state index < -0.39 is 8.10 Å². The van der Waals surface area contributed by atoms with Crippen LogP contribution in [-0.4, -0.2) is 0 Å². The van der Waals surface area contributed by atoms with E-state index in [1.807, 2.05) is 60.7 Å². The molecule has 3 nitrogen and oxygen atoms in total. The summed E-state index contributed by atoms with van der Waals surface area (Å²) in [6.45, 7) is 1.22. The van der Waals surface area contributed by atoms with Crippen LogP contribution in [0, 0.1) is 0 Å². The van der Waals surface area contributed by atoms with E-state index in [0.717, 1.165) is 11.1 Å². The Hall–Kier alpha value is -1.54. The average molecular weight is 259 g/mol. The minimum Gasteiger partial charge on any atom is -0.0870 e. The smallest absolute Gasteiger partial charge is 0.0870 e. The zero-order chi connectivity index (χ0) is 12.6. The number of hydrogen-bond acceptors (Lipinski definition) is 1. The van der Waals surface area contributed by atoms with Crippen molar-refractivity contribution in [2.24, 2.45) is 0 Å². The summed E-state index contributed by atoms with van der Waals surface area (Å²) in [7, 11) is -1.58. The Morgan fingerprint density at radius 2 is 1.11 bits per heavy atom. The first-order valence-electron chi connectivity index (χ1n) is 5.87. The molecule has 0 aliphatic carbocycles. The molecule has 0 bridgehead atoms. The van der Waals surface area contributed by atoms with Crippen molar-refractivity contribution in [3.63, 3.8) is 0 Å². The van der Waals surface area contributed by atoms with Crippen molar-refractivity contribution in [2.75, 3.05) is 0 Å². The third-order valence-electron chi connectivity index (χ3n) is 2.54. The lowest BCUT2D eigenvalue weighted by molar-refractivity contribution is 0.569. The van der Waals surface area contributed by atoms with Gasteiger partial charge in [-0.3, -0.25) is 0 Å². The molecule has 4 heteroatoms. The lowest BCUT2D eigenvalue weighted by Gasteiger charge is -1.97. The van der Waals surface area contributed by atoms with Crippen molar-refractivity contribution >= 4 is 8.10 Å². The van der Waals surface area contributed by atoms with E-state index in [0.29, 0.717) is 13.1 Å². The summed E-state index contributed by atoms with van der Waals surface area (Å²) in [5.41, 5.74) is 2.25. The van der Waals surface area contributed by atoms with Gasteiger partial charge in [-0.05, 0) is 15.7 Å². The monoisotopic (exact) mass is 259 g/mol. The summed E-state index contributed by atoms with van der Waals surface area (Å²) in [6, 6.07) is 19.9. The second-order valence-corrected chi connectivity index (χ2v) is 5.16. The molecule has 0 saturated carbocycles. The molecule has 0 radical (unpaired) electrons. The summed E-state index contributed by atoms with van der Waals surface area (Å²) in [4.78, 5) is 0. The van der Waals surface area contributed by atoms with Crippen molar-refractivity contribution < 1.29 is 4.57 Å². The van der Waals surface area contributed by atoms with Gasteiger partial charge in [0.2, 0.25) is 0 Å². The van der Waals surface area contributed by atoms with E-state index in [4.69, 9.17) is 0 Å². The third-order valence-corrected chi connectivity index (χ3v) is 3.43. The molecule has 0 aromatic heterocycles. The van der Waals surface area contributed by atoms with E-state index in [1.165, 1.54) is 0 Å².